The third-order valence-electron chi connectivity index (χ3n) is 5.18. The molecular formula is C19H39N5O3. The number of methoxy groups -OCH3 is 1. The van der Waals surface area contributed by atoms with E-state index < -0.39 is 5.60 Å². The van der Waals surface area contributed by atoms with Crippen LogP contribution in [0.4, 0.5) is 0 Å². The second-order valence-electron chi connectivity index (χ2n) is 7.79. The van der Waals surface area contributed by atoms with Gasteiger partial charge in [0.2, 0.25) is 0 Å². The van der Waals surface area contributed by atoms with Crippen LogP contribution in [0.1, 0.15) is 26.7 Å². The van der Waals surface area contributed by atoms with E-state index in [0.717, 1.165) is 65.0 Å². The Morgan fingerprint density at radius 3 is 2.78 bits per heavy atom. The van der Waals surface area contributed by atoms with Crippen molar-refractivity contribution in [3.05, 3.63) is 0 Å². The highest BCUT2D eigenvalue weighted by molar-refractivity contribution is 5.79. The average Bonchev–Trinajstić information content (AvgIpc) is 3.10. The lowest BCUT2D eigenvalue weighted by atomic mass is 10.1. The van der Waals surface area contributed by atoms with Crippen LogP contribution in [-0.4, -0.2) is 112 Å². The summed E-state index contributed by atoms with van der Waals surface area (Å²) < 4.78 is 10.6. The van der Waals surface area contributed by atoms with Crippen LogP contribution in [0, 0.1) is 0 Å². The van der Waals surface area contributed by atoms with Crippen molar-refractivity contribution in [2.24, 2.45) is 4.99 Å². The molecule has 3 N–H and O–H groups in total. The van der Waals surface area contributed by atoms with Crippen molar-refractivity contribution < 1.29 is 14.6 Å². The highest BCUT2D eigenvalue weighted by Gasteiger charge is 2.26. The predicted octanol–water partition coefficient (Wildman–Crippen LogP) is -0.264. The number of hydrogen-bond acceptors (Lipinski definition) is 6. The molecule has 2 unspecified atom stereocenters. The first-order valence-electron chi connectivity index (χ1n) is 10.3. The lowest BCUT2D eigenvalue weighted by Crippen LogP contribution is -2.49. The molecule has 0 aromatic heterocycles. The van der Waals surface area contributed by atoms with Crippen molar-refractivity contribution in [1.82, 2.24) is 20.4 Å². The predicted molar refractivity (Wildman–Crippen MR) is 108 cm³/mol. The summed E-state index contributed by atoms with van der Waals surface area (Å²) in [7, 11) is 1.75. The molecule has 0 amide bonds. The molecule has 2 heterocycles. The van der Waals surface area contributed by atoms with Crippen LogP contribution in [0.5, 0.6) is 0 Å². The van der Waals surface area contributed by atoms with Crippen LogP contribution in [0.3, 0.4) is 0 Å². The van der Waals surface area contributed by atoms with E-state index in [4.69, 9.17) is 9.47 Å². The van der Waals surface area contributed by atoms with Gasteiger partial charge in [-0.25, -0.2) is 0 Å². The maximum Gasteiger partial charge on any atom is 0.191 e. The second kappa shape index (κ2) is 11.8. The fourth-order valence-corrected chi connectivity index (χ4v) is 3.73. The summed E-state index contributed by atoms with van der Waals surface area (Å²) in [4.78, 5) is 9.36. The van der Waals surface area contributed by atoms with Gasteiger partial charge in [-0.3, -0.25) is 14.8 Å². The van der Waals surface area contributed by atoms with Crippen molar-refractivity contribution in [3.8, 4) is 0 Å². The zero-order valence-electron chi connectivity index (χ0n) is 17.4. The number of morpholine rings is 1. The Kier molecular flexibility index (Phi) is 9.78. The Balaban J connectivity index is 1.81. The Bertz CT molecular complexity index is 441. The lowest BCUT2D eigenvalue weighted by Gasteiger charge is -2.33. The molecule has 0 spiro atoms. The van der Waals surface area contributed by atoms with Crippen LogP contribution in [-0.2, 0) is 9.47 Å². The summed E-state index contributed by atoms with van der Waals surface area (Å²) in [6.45, 7) is 12.7. The largest absolute Gasteiger partial charge is 0.387 e. The highest BCUT2D eigenvalue weighted by atomic mass is 16.5. The number of β-amino-alcohol motifs (C(OH)–C–C–N with tert-alkyl or cyclic N) is 1. The zero-order valence-corrected chi connectivity index (χ0v) is 17.4. The van der Waals surface area contributed by atoms with Crippen LogP contribution >= 0.6 is 0 Å². The monoisotopic (exact) mass is 385 g/mol. The minimum Gasteiger partial charge on any atom is -0.387 e. The number of rotatable bonds is 10. The average molecular weight is 386 g/mol. The smallest absolute Gasteiger partial charge is 0.191 e. The Morgan fingerprint density at radius 1 is 1.30 bits per heavy atom. The van der Waals surface area contributed by atoms with Gasteiger partial charge in [-0.05, 0) is 33.2 Å². The number of hydrogen-bond donors (Lipinski definition) is 3. The SMILES string of the molecule is CCNC(=NCC(C)(O)CN1CCOCC1)NCC1CCCN1CCOC. The fraction of sp³-hybridized carbons (Fsp3) is 0.947. The normalized spacial score (nSPS) is 24.7. The molecule has 2 aliphatic rings. The Labute approximate surface area is 164 Å². The summed E-state index contributed by atoms with van der Waals surface area (Å²) in [6.07, 6.45) is 2.43. The van der Waals surface area contributed by atoms with E-state index in [0.29, 0.717) is 19.1 Å². The van der Waals surface area contributed by atoms with E-state index in [1.165, 1.54) is 12.8 Å². The molecule has 0 saturated carbocycles. The fourth-order valence-electron chi connectivity index (χ4n) is 3.73. The highest BCUT2D eigenvalue weighted by Crippen LogP contribution is 2.16. The molecule has 2 saturated heterocycles. The molecule has 2 fully saturated rings. The molecule has 0 aliphatic carbocycles. The first-order chi connectivity index (χ1) is 13.0. The minimum atomic E-state index is -0.850. The van der Waals surface area contributed by atoms with E-state index >= 15 is 0 Å². The molecule has 0 aromatic carbocycles. The number of nitrogens with one attached hydrogen (secondary N) is 2. The summed E-state index contributed by atoms with van der Waals surface area (Å²) in [5.74, 6) is 0.776. The number of aliphatic imine (C=N–C) groups is 1. The molecule has 158 valence electrons. The topological polar surface area (TPSA) is 81.6 Å². The van der Waals surface area contributed by atoms with Gasteiger partial charge < -0.3 is 25.2 Å². The van der Waals surface area contributed by atoms with Gasteiger partial charge in [-0.1, -0.05) is 0 Å². The van der Waals surface area contributed by atoms with Gasteiger partial charge in [0.25, 0.3) is 0 Å². The molecule has 2 rings (SSSR count). The quantitative estimate of drug-likeness (QED) is 0.353. The van der Waals surface area contributed by atoms with Crippen molar-refractivity contribution in [1.29, 1.82) is 0 Å². The Morgan fingerprint density at radius 2 is 2.07 bits per heavy atom. The van der Waals surface area contributed by atoms with Gasteiger partial charge >= 0.3 is 0 Å². The maximum absolute atomic E-state index is 10.7. The molecule has 0 bridgehead atoms. The van der Waals surface area contributed by atoms with Crippen molar-refractivity contribution in [2.45, 2.75) is 38.3 Å². The Hall–Kier alpha value is -0.930. The van der Waals surface area contributed by atoms with E-state index in [1.54, 1.807) is 7.11 Å². The van der Waals surface area contributed by atoms with Gasteiger partial charge in [0.1, 0.15) is 0 Å². The van der Waals surface area contributed by atoms with E-state index in [1.807, 2.05) is 6.92 Å². The van der Waals surface area contributed by atoms with Crippen LogP contribution in [0.2, 0.25) is 0 Å². The maximum atomic E-state index is 10.7. The van der Waals surface area contributed by atoms with Crippen molar-refractivity contribution >= 4 is 5.96 Å². The molecular weight excluding hydrogens is 346 g/mol. The number of guanidine groups is 1. The number of likely N-dealkylation sites (tertiary alicyclic amines) is 1. The standard InChI is InChI=1S/C19H39N5O3/c1-4-20-18(21-14-17-6-5-7-24(17)10-11-26-3)22-15-19(2,25)16-23-8-12-27-13-9-23/h17,25H,4-16H2,1-3H3,(H2,20,21,22). The number of nitrogens with zero attached hydrogens (tertiary/aromatic N) is 3. The molecule has 0 aromatic rings. The summed E-state index contributed by atoms with van der Waals surface area (Å²) in [5.41, 5.74) is -0.850. The third-order valence-corrected chi connectivity index (χ3v) is 5.18. The molecule has 2 atom stereocenters. The van der Waals surface area contributed by atoms with Gasteiger partial charge in [-0.2, -0.15) is 0 Å². The van der Waals surface area contributed by atoms with E-state index in [2.05, 4.69) is 32.3 Å². The molecule has 8 heteroatoms. The van der Waals surface area contributed by atoms with E-state index in [-0.39, 0.29) is 0 Å². The first-order valence-corrected chi connectivity index (χ1v) is 10.3. The van der Waals surface area contributed by atoms with Gasteiger partial charge in [-0.15, -0.1) is 0 Å². The third kappa shape index (κ3) is 8.31. The van der Waals surface area contributed by atoms with Crippen LogP contribution in [0.15, 0.2) is 4.99 Å². The summed E-state index contributed by atoms with van der Waals surface area (Å²) in [6, 6.07) is 0.512. The van der Waals surface area contributed by atoms with Crippen molar-refractivity contribution in [2.75, 3.05) is 79.3 Å². The summed E-state index contributed by atoms with van der Waals surface area (Å²) >= 11 is 0. The van der Waals surface area contributed by atoms with Gasteiger partial charge in [0.05, 0.1) is 32.0 Å². The molecule has 0 radical (unpaired) electrons. The van der Waals surface area contributed by atoms with Crippen LogP contribution < -0.4 is 10.6 Å². The first kappa shape index (κ1) is 22.4. The number of aliphatic hydroxyl groups is 1. The number of ether oxygens (including phenoxy) is 2. The molecule has 27 heavy (non-hydrogen) atoms. The second-order valence-corrected chi connectivity index (χ2v) is 7.79. The van der Waals surface area contributed by atoms with Crippen molar-refractivity contribution in [3.63, 3.8) is 0 Å². The zero-order chi connectivity index (χ0) is 19.5. The van der Waals surface area contributed by atoms with Crippen LogP contribution in [0.25, 0.3) is 0 Å². The van der Waals surface area contributed by atoms with E-state index in [9.17, 15) is 5.11 Å². The summed E-state index contributed by atoms with van der Waals surface area (Å²) in [5, 5.41) is 17.5. The molecule has 2 aliphatic heterocycles. The minimum absolute atomic E-state index is 0.373. The van der Waals surface area contributed by atoms with Gasteiger partial charge in [0, 0.05) is 52.4 Å². The lowest BCUT2D eigenvalue weighted by molar-refractivity contribution is -0.0180. The molecule has 8 nitrogen and oxygen atoms in total. The van der Waals surface area contributed by atoms with Gasteiger partial charge in [0.15, 0.2) is 5.96 Å².